The number of aromatic hydroxyl groups is 1. The Hall–Kier alpha value is -3.92. The van der Waals surface area contributed by atoms with Crippen LogP contribution in [0.1, 0.15) is 11.1 Å². The van der Waals surface area contributed by atoms with Crippen LogP contribution in [0, 0.1) is 6.92 Å². The molecule has 1 aromatic heterocycles. The first-order valence-electron chi connectivity index (χ1n) is 9.49. The second kappa shape index (κ2) is 6.91. The largest absolute Gasteiger partial charge is 0.507 e. The molecule has 0 aliphatic carbocycles. The summed E-state index contributed by atoms with van der Waals surface area (Å²) in [5, 5.41) is 12.4. The summed E-state index contributed by atoms with van der Waals surface area (Å²) in [5.41, 5.74) is 5.54. The summed E-state index contributed by atoms with van der Waals surface area (Å²) in [6.45, 7) is 2.03. The quantitative estimate of drug-likeness (QED) is 0.371. The molecule has 0 atom stereocenters. The zero-order valence-corrected chi connectivity index (χ0v) is 15.9. The normalized spacial score (nSPS) is 11.6. The molecule has 5 aromatic rings. The molecule has 4 heteroatoms. The third-order valence-corrected chi connectivity index (χ3v) is 5.15. The van der Waals surface area contributed by atoms with E-state index in [2.05, 4.69) is 9.97 Å². The molecule has 1 heterocycles. The average Bonchev–Trinajstić information content (AvgIpc) is 3.18. The van der Waals surface area contributed by atoms with Gasteiger partial charge in [-0.25, -0.2) is 4.98 Å². The molecule has 4 nitrogen and oxygen atoms in total. The van der Waals surface area contributed by atoms with Crippen LogP contribution in [-0.4, -0.2) is 21.3 Å². The van der Waals surface area contributed by atoms with Crippen molar-refractivity contribution in [2.24, 2.45) is 4.99 Å². The molecule has 0 aliphatic heterocycles. The molecule has 140 valence electrons. The number of aromatic amines is 1. The lowest BCUT2D eigenvalue weighted by atomic mass is 10.0. The van der Waals surface area contributed by atoms with Crippen LogP contribution in [0.4, 0.5) is 5.69 Å². The van der Waals surface area contributed by atoms with Crippen molar-refractivity contribution in [3.8, 4) is 17.1 Å². The Labute approximate surface area is 168 Å². The van der Waals surface area contributed by atoms with E-state index in [0.29, 0.717) is 0 Å². The Morgan fingerprint density at radius 1 is 0.931 bits per heavy atom. The van der Waals surface area contributed by atoms with Gasteiger partial charge >= 0.3 is 0 Å². The highest BCUT2D eigenvalue weighted by atomic mass is 16.3. The number of para-hydroxylation sites is 2. The summed E-state index contributed by atoms with van der Waals surface area (Å²) in [4.78, 5) is 12.7. The Balaban J connectivity index is 1.57. The van der Waals surface area contributed by atoms with Gasteiger partial charge in [-0.1, -0.05) is 54.6 Å². The Bertz CT molecular complexity index is 1350. The first-order valence-corrected chi connectivity index (χ1v) is 9.49. The fourth-order valence-electron chi connectivity index (χ4n) is 3.54. The SMILES string of the molecule is Cc1ccc(-c2nc3ccccc3[nH]2)cc1N=Cc1c(O)ccc2ccccc12. The molecule has 0 radical (unpaired) electrons. The summed E-state index contributed by atoms with van der Waals surface area (Å²) < 4.78 is 0. The van der Waals surface area contributed by atoms with Crippen LogP contribution in [0.15, 0.2) is 83.9 Å². The van der Waals surface area contributed by atoms with E-state index in [1.165, 1.54) is 0 Å². The fourth-order valence-corrected chi connectivity index (χ4v) is 3.54. The Morgan fingerprint density at radius 3 is 2.66 bits per heavy atom. The Kier molecular flexibility index (Phi) is 4.10. The van der Waals surface area contributed by atoms with Crippen molar-refractivity contribution in [2.45, 2.75) is 6.92 Å². The van der Waals surface area contributed by atoms with Gasteiger partial charge in [-0.15, -0.1) is 0 Å². The maximum Gasteiger partial charge on any atom is 0.138 e. The van der Waals surface area contributed by atoms with E-state index in [0.717, 1.165) is 50.0 Å². The van der Waals surface area contributed by atoms with Crippen molar-refractivity contribution in [1.29, 1.82) is 0 Å². The minimum absolute atomic E-state index is 0.221. The number of H-pyrrole nitrogens is 1. The predicted octanol–water partition coefficient (Wildman–Crippen LogP) is 6.15. The molecule has 2 N–H and O–H groups in total. The number of phenols is 1. The molecule has 0 bridgehead atoms. The van der Waals surface area contributed by atoms with Crippen molar-refractivity contribution in [2.75, 3.05) is 0 Å². The van der Waals surface area contributed by atoms with Gasteiger partial charge in [0.2, 0.25) is 0 Å². The lowest BCUT2D eigenvalue weighted by Gasteiger charge is -2.06. The first kappa shape index (κ1) is 17.2. The number of aromatic nitrogens is 2. The van der Waals surface area contributed by atoms with E-state index in [4.69, 9.17) is 4.99 Å². The molecule has 0 fully saturated rings. The first-order chi connectivity index (χ1) is 14.2. The van der Waals surface area contributed by atoms with Crippen molar-refractivity contribution >= 4 is 33.7 Å². The zero-order chi connectivity index (χ0) is 19.8. The topological polar surface area (TPSA) is 61.3 Å². The van der Waals surface area contributed by atoms with Crippen molar-refractivity contribution in [3.63, 3.8) is 0 Å². The monoisotopic (exact) mass is 377 g/mol. The van der Waals surface area contributed by atoms with Gasteiger partial charge in [0, 0.05) is 17.3 Å². The van der Waals surface area contributed by atoms with E-state index < -0.39 is 0 Å². The number of nitrogens with zero attached hydrogens (tertiary/aromatic N) is 2. The summed E-state index contributed by atoms with van der Waals surface area (Å²) >= 11 is 0. The molecule has 0 aliphatic rings. The van der Waals surface area contributed by atoms with Gasteiger partial charge in [0.1, 0.15) is 11.6 Å². The summed E-state index contributed by atoms with van der Waals surface area (Å²) in [6, 6.07) is 25.7. The standard InChI is InChI=1S/C25H19N3O/c1-16-10-11-18(25-27-21-8-4-5-9-22(21)28-25)14-23(16)26-15-20-19-7-3-2-6-17(19)12-13-24(20)29/h2-15,29H,1H3,(H,27,28). The van der Waals surface area contributed by atoms with Crippen LogP contribution in [0.25, 0.3) is 33.2 Å². The van der Waals surface area contributed by atoms with Gasteiger partial charge < -0.3 is 10.1 Å². The number of fused-ring (bicyclic) bond motifs is 2. The lowest BCUT2D eigenvalue weighted by Crippen LogP contribution is -1.87. The predicted molar refractivity (Wildman–Crippen MR) is 119 cm³/mol. The Morgan fingerprint density at radius 2 is 1.76 bits per heavy atom. The van der Waals surface area contributed by atoms with E-state index in [1.54, 1.807) is 12.3 Å². The third-order valence-electron chi connectivity index (χ3n) is 5.15. The number of rotatable bonds is 3. The maximum absolute atomic E-state index is 10.4. The number of benzene rings is 4. The van der Waals surface area contributed by atoms with Crippen LogP contribution in [0.5, 0.6) is 5.75 Å². The van der Waals surface area contributed by atoms with Crippen molar-refractivity contribution < 1.29 is 5.11 Å². The van der Waals surface area contributed by atoms with Crippen LogP contribution < -0.4 is 0 Å². The number of imidazole rings is 1. The lowest BCUT2D eigenvalue weighted by molar-refractivity contribution is 0.475. The molecule has 0 unspecified atom stereocenters. The van der Waals surface area contributed by atoms with Crippen LogP contribution in [0.2, 0.25) is 0 Å². The van der Waals surface area contributed by atoms with Gasteiger partial charge in [0.05, 0.1) is 16.7 Å². The molecule has 0 saturated heterocycles. The number of hydrogen-bond donors (Lipinski definition) is 2. The summed E-state index contributed by atoms with van der Waals surface area (Å²) in [6.07, 6.45) is 1.74. The van der Waals surface area contributed by atoms with Crippen molar-refractivity contribution in [3.05, 3.63) is 90.0 Å². The molecule has 29 heavy (non-hydrogen) atoms. The number of aryl methyl sites for hydroxylation is 1. The number of hydrogen-bond acceptors (Lipinski definition) is 3. The van der Waals surface area contributed by atoms with Gasteiger partial charge in [-0.05, 0) is 47.5 Å². The third kappa shape index (κ3) is 3.15. The maximum atomic E-state index is 10.4. The molecule has 0 spiro atoms. The molecular weight excluding hydrogens is 358 g/mol. The zero-order valence-electron chi connectivity index (χ0n) is 15.9. The highest BCUT2D eigenvalue weighted by Gasteiger charge is 2.08. The van der Waals surface area contributed by atoms with E-state index in [1.807, 2.05) is 79.7 Å². The molecule has 5 rings (SSSR count). The van der Waals surface area contributed by atoms with Gasteiger partial charge in [0.15, 0.2) is 0 Å². The van der Waals surface area contributed by atoms with Gasteiger partial charge in [0.25, 0.3) is 0 Å². The molecule has 4 aromatic carbocycles. The van der Waals surface area contributed by atoms with Crippen LogP contribution in [-0.2, 0) is 0 Å². The van der Waals surface area contributed by atoms with Gasteiger partial charge in [-0.3, -0.25) is 4.99 Å². The minimum Gasteiger partial charge on any atom is -0.507 e. The summed E-state index contributed by atoms with van der Waals surface area (Å²) in [7, 11) is 0. The summed E-state index contributed by atoms with van der Waals surface area (Å²) in [5.74, 6) is 1.04. The molecule has 0 saturated carbocycles. The van der Waals surface area contributed by atoms with E-state index in [9.17, 15) is 5.11 Å². The number of phenolic OH excluding ortho intramolecular Hbond substituents is 1. The van der Waals surface area contributed by atoms with Gasteiger partial charge in [-0.2, -0.15) is 0 Å². The van der Waals surface area contributed by atoms with E-state index >= 15 is 0 Å². The average molecular weight is 377 g/mol. The van der Waals surface area contributed by atoms with Crippen molar-refractivity contribution in [1.82, 2.24) is 9.97 Å². The van der Waals surface area contributed by atoms with E-state index in [-0.39, 0.29) is 5.75 Å². The molecule has 0 amide bonds. The van der Waals surface area contributed by atoms with Crippen LogP contribution in [0.3, 0.4) is 0 Å². The second-order valence-electron chi connectivity index (χ2n) is 7.08. The van der Waals surface area contributed by atoms with Crippen LogP contribution >= 0.6 is 0 Å². The highest BCUT2D eigenvalue weighted by molar-refractivity contribution is 6.03. The molecular formula is C25H19N3O. The minimum atomic E-state index is 0.221. The fraction of sp³-hybridized carbons (Fsp3) is 0.0400. The second-order valence-corrected chi connectivity index (χ2v) is 7.08. The highest BCUT2D eigenvalue weighted by Crippen LogP contribution is 2.29. The number of nitrogens with one attached hydrogen (secondary N) is 1. The number of aliphatic imine (C=N–C) groups is 1. The smallest absolute Gasteiger partial charge is 0.138 e.